The highest BCUT2D eigenvalue weighted by Crippen LogP contribution is 2.32. The fourth-order valence-corrected chi connectivity index (χ4v) is 4.58. The molecule has 0 spiro atoms. The number of hydrogen-bond donors (Lipinski definition) is 1. The van der Waals surface area contributed by atoms with E-state index in [1.165, 1.54) is 77.5 Å². The molecule has 0 amide bonds. The third-order valence-electron chi connectivity index (χ3n) is 5.54. The summed E-state index contributed by atoms with van der Waals surface area (Å²) in [6.45, 7) is 12.3. The zero-order chi connectivity index (χ0) is 15.1. The van der Waals surface area contributed by atoms with Crippen LogP contribution in [-0.4, -0.2) is 37.1 Å². The fourth-order valence-electron chi connectivity index (χ4n) is 4.58. The normalized spacial score (nSPS) is 28.4. The molecule has 2 fully saturated rings. The lowest BCUT2D eigenvalue weighted by molar-refractivity contribution is 0.0980. The molecular formula is C19H38N2. The zero-order valence-electron chi connectivity index (χ0n) is 14.7. The van der Waals surface area contributed by atoms with E-state index in [1.54, 1.807) is 0 Å². The maximum absolute atomic E-state index is 3.51. The molecule has 0 aromatic rings. The number of rotatable bonds is 7. The monoisotopic (exact) mass is 294 g/mol. The molecule has 1 heterocycles. The van der Waals surface area contributed by atoms with Gasteiger partial charge in [-0.1, -0.05) is 33.6 Å². The van der Waals surface area contributed by atoms with Crippen LogP contribution < -0.4 is 5.32 Å². The molecular weight excluding hydrogens is 256 g/mol. The van der Waals surface area contributed by atoms with E-state index in [0.29, 0.717) is 0 Å². The molecule has 0 aromatic heterocycles. The van der Waals surface area contributed by atoms with Gasteiger partial charge in [0.25, 0.3) is 0 Å². The van der Waals surface area contributed by atoms with Crippen LogP contribution in [-0.2, 0) is 0 Å². The highest BCUT2D eigenvalue weighted by Gasteiger charge is 2.28. The second-order valence-electron chi connectivity index (χ2n) is 8.00. The van der Waals surface area contributed by atoms with Gasteiger partial charge in [-0.25, -0.2) is 0 Å². The molecule has 2 rings (SSSR count). The Balaban J connectivity index is 1.86. The van der Waals surface area contributed by atoms with E-state index in [4.69, 9.17) is 0 Å². The average molecular weight is 295 g/mol. The number of piperidine rings is 1. The summed E-state index contributed by atoms with van der Waals surface area (Å²) in [5, 5.41) is 3.51. The SMILES string of the molecule is CCCN(CC1CCNCC1)C1CCCC(CC(C)C)C1. The van der Waals surface area contributed by atoms with Crippen LogP contribution in [0.4, 0.5) is 0 Å². The van der Waals surface area contributed by atoms with Crippen LogP contribution in [0.15, 0.2) is 0 Å². The van der Waals surface area contributed by atoms with Crippen LogP contribution in [0.25, 0.3) is 0 Å². The molecule has 2 aliphatic rings. The maximum Gasteiger partial charge on any atom is 0.00980 e. The van der Waals surface area contributed by atoms with E-state index in [9.17, 15) is 0 Å². The van der Waals surface area contributed by atoms with Crippen LogP contribution in [0.2, 0.25) is 0 Å². The molecule has 2 nitrogen and oxygen atoms in total. The fraction of sp³-hybridized carbons (Fsp3) is 1.00. The van der Waals surface area contributed by atoms with Crippen molar-refractivity contribution in [2.45, 2.75) is 78.2 Å². The second kappa shape index (κ2) is 9.15. The highest BCUT2D eigenvalue weighted by molar-refractivity contribution is 4.83. The molecule has 1 N–H and O–H groups in total. The molecule has 2 unspecified atom stereocenters. The van der Waals surface area contributed by atoms with Crippen molar-refractivity contribution in [3.05, 3.63) is 0 Å². The van der Waals surface area contributed by atoms with Gasteiger partial charge in [0.05, 0.1) is 0 Å². The third-order valence-corrected chi connectivity index (χ3v) is 5.54. The first-order valence-corrected chi connectivity index (χ1v) is 9.63. The van der Waals surface area contributed by atoms with Crippen LogP contribution in [0.3, 0.4) is 0 Å². The molecule has 21 heavy (non-hydrogen) atoms. The summed E-state index contributed by atoms with van der Waals surface area (Å²) < 4.78 is 0. The lowest BCUT2D eigenvalue weighted by Crippen LogP contribution is -2.44. The average Bonchev–Trinajstić information content (AvgIpc) is 2.47. The first-order chi connectivity index (χ1) is 10.2. The van der Waals surface area contributed by atoms with E-state index < -0.39 is 0 Å². The third kappa shape index (κ3) is 5.90. The number of nitrogens with zero attached hydrogens (tertiary/aromatic N) is 1. The van der Waals surface area contributed by atoms with Crippen molar-refractivity contribution in [2.24, 2.45) is 17.8 Å². The summed E-state index contributed by atoms with van der Waals surface area (Å²) in [5.74, 6) is 2.82. The summed E-state index contributed by atoms with van der Waals surface area (Å²) in [5.41, 5.74) is 0. The minimum Gasteiger partial charge on any atom is -0.317 e. The van der Waals surface area contributed by atoms with Gasteiger partial charge in [0.2, 0.25) is 0 Å². The Morgan fingerprint density at radius 2 is 1.81 bits per heavy atom. The Morgan fingerprint density at radius 3 is 2.48 bits per heavy atom. The van der Waals surface area contributed by atoms with Gasteiger partial charge >= 0.3 is 0 Å². The second-order valence-corrected chi connectivity index (χ2v) is 8.00. The van der Waals surface area contributed by atoms with Crippen LogP contribution in [0.1, 0.15) is 72.1 Å². The quantitative estimate of drug-likeness (QED) is 0.753. The number of hydrogen-bond acceptors (Lipinski definition) is 2. The van der Waals surface area contributed by atoms with E-state index in [-0.39, 0.29) is 0 Å². The summed E-state index contributed by atoms with van der Waals surface area (Å²) >= 11 is 0. The molecule has 1 aliphatic heterocycles. The van der Waals surface area contributed by atoms with Crippen molar-refractivity contribution in [3.63, 3.8) is 0 Å². The van der Waals surface area contributed by atoms with Crippen molar-refractivity contribution < 1.29 is 0 Å². The Labute approximate surface area is 133 Å². The smallest absolute Gasteiger partial charge is 0.00980 e. The molecule has 2 atom stereocenters. The van der Waals surface area contributed by atoms with E-state index in [2.05, 4.69) is 31.0 Å². The molecule has 124 valence electrons. The predicted octanol–water partition coefficient (Wildman–Crippen LogP) is 4.30. The summed E-state index contributed by atoms with van der Waals surface area (Å²) in [6, 6.07) is 0.886. The van der Waals surface area contributed by atoms with Crippen molar-refractivity contribution in [2.75, 3.05) is 26.2 Å². The Morgan fingerprint density at radius 1 is 1.05 bits per heavy atom. The Bertz CT molecular complexity index is 271. The standard InChI is InChI=1S/C19H38N2/c1-4-12-21(15-17-8-10-20-11-9-17)19-7-5-6-18(14-19)13-16(2)3/h16-20H,4-15H2,1-3H3. The first-order valence-electron chi connectivity index (χ1n) is 9.63. The van der Waals surface area contributed by atoms with Gasteiger partial charge in [-0.3, -0.25) is 0 Å². The van der Waals surface area contributed by atoms with Crippen molar-refractivity contribution in [3.8, 4) is 0 Å². The highest BCUT2D eigenvalue weighted by atomic mass is 15.2. The minimum atomic E-state index is 0.873. The number of nitrogens with one attached hydrogen (secondary N) is 1. The van der Waals surface area contributed by atoms with Crippen LogP contribution >= 0.6 is 0 Å². The maximum atomic E-state index is 3.51. The van der Waals surface area contributed by atoms with Gasteiger partial charge in [0, 0.05) is 12.6 Å². The summed E-state index contributed by atoms with van der Waals surface area (Å²) in [4.78, 5) is 2.88. The molecule has 1 aliphatic carbocycles. The summed E-state index contributed by atoms with van der Waals surface area (Å²) in [7, 11) is 0. The van der Waals surface area contributed by atoms with Gasteiger partial charge in [0.1, 0.15) is 0 Å². The summed E-state index contributed by atoms with van der Waals surface area (Å²) in [6.07, 6.45) is 11.4. The molecule has 1 saturated carbocycles. The van der Waals surface area contributed by atoms with Gasteiger partial charge in [0.15, 0.2) is 0 Å². The molecule has 0 radical (unpaired) electrons. The van der Waals surface area contributed by atoms with E-state index >= 15 is 0 Å². The largest absolute Gasteiger partial charge is 0.317 e. The minimum absolute atomic E-state index is 0.873. The topological polar surface area (TPSA) is 15.3 Å². The van der Waals surface area contributed by atoms with Crippen LogP contribution in [0, 0.1) is 17.8 Å². The first kappa shape index (κ1) is 17.3. The predicted molar refractivity (Wildman–Crippen MR) is 92.7 cm³/mol. The lowest BCUT2D eigenvalue weighted by atomic mass is 9.80. The van der Waals surface area contributed by atoms with E-state index in [0.717, 1.165) is 23.8 Å². The van der Waals surface area contributed by atoms with Gasteiger partial charge in [-0.05, 0) is 75.9 Å². The van der Waals surface area contributed by atoms with Gasteiger partial charge < -0.3 is 10.2 Å². The molecule has 0 aromatic carbocycles. The lowest BCUT2D eigenvalue weighted by Gasteiger charge is -2.40. The molecule has 2 heteroatoms. The Kier molecular flexibility index (Phi) is 7.53. The van der Waals surface area contributed by atoms with Crippen LogP contribution in [0.5, 0.6) is 0 Å². The van der Waals surface area contributed by atoms with Crippen molar-refractivity contribution in [1.82, 2.24) is 10.2 Å². The Hall–Kier alpha value is -0.0800. The van der Waals surface area contributed by atoms with Crippen molar-refractivity contribution >= 4 is 0 Å². The molecule has 1 saturated heterocycles. The molecule has 0 bridgehead atoms. The zero-order valence-corrected chi connectivity index (χ0v) is 14.7. The van der Waals surface area contributed by atoms with Crippen molar-refractivity contribution in [1.29, 1.82) is 0 Å². The van der Waals surface area contributed by atoms with Gasteiger partial charge in [-0.15, -0.1) is 0 Å². The van der Waals surface area contributed by atoms with Gasteiger partial charge in [-0.2, -0.15) is 0 Å². The van der Waals surface area contributed by atoms with E-state index in [1.807, 2.05) is 0 Å².